The van der Waals surface area contributed by atoms with Crippen LogP contribution in [0.5, 0.6) is 11.5 Å². The van der Waals surface area contributed by atoms with Gasteiger partial charge in [0, 0.05) is 11.6 Å². The van der Waals surface area contributed by atoms with Crippen molar-refractivity contribution in [2.45, 2.75) is 12.9 Å². The Labute approximate surface area is 168 Å². The first kappa shape index (κ1) is 20.9. The van der Waals surface area contributed by atoms with E-state index in [0.29, 0.717) is 17.0 Å². The highest BCUT2D eigenvalue weighted by molar-refractivity contribution is 5.92. The fraction of sp³-hybridized carbons (Fsp3) is 0.150. The number of aromatic nitrogens is 2. The van der Waals surface area contributed by atoms with E-state index < -0.39 is 30.1 Å². The number of amides is 1. The SMILES string of the molecule is COc1ccccc1-c1ccc(=O)n(CC(=O)Nc2ccccc2OC(F)(F)F)n1. The number of methoxy groups -OCH3 is 1. The predicted octanol–water partition coefficient (Wildman–Crippen LogP) is 3.46. The van der Waals surface area contributed by atoms with Gasteiger partial charge >= 0.3 is 6.36 Å². The van der Waals surface area contributed by atoms with Crippen LogP contribution in [0.1, 0.15) is 0 Å². The van der Waals surface area contributed by atoms with E-state index in [1.807, 2.05) is 0 Å². The Morgan fingerprint density at radius 1 is 1.03 bits per heavy atom. The van der Waals surface area contributed by atoms with Gasteiger partial charge in [-0.05, 0) is 30.3 Å². The van der Waals surface area contributed by atoms with Gasteiger partial charge in [-0.15, -0.1) is 13.2 Å². The molecule has 0 aliphatic carbocycles. The van der Waals surface area contributed by atoms with Crippen molar-refractivity contribution in [3.8, 4) is 22.8 Å². The molecule has 1 aromatic heterocycles. The van der Waals surface area contributed by atoms with E-state index in [2.05, 4.69) is 15.2 Å². The molecule has 0 aliphatic rings. The number of nitrogens with zero attached hydrogens (tertiary/aromatic N) is 2. The van der Waals surface area contributed by atoms with Gasteiger partial charge in [-0.2, -0.15) is 5.10 Å². The van der Waals surface area contributed by atoms with E-state index in [1.165, 1.54) is 37.4 Å². The van der Waals surface area contributed by atoms with Crippen LogP contribution in [-0.2, 0) is 11.3 Å². The van der Waals surface area contributed by atoms with E-state index in [-0.39, 0.29) is 5.69 Å². The highest BCUT2D eigenvalue weighted by Gasteiger charge is 2.32. The molecule has 0 aliphatic heterocycles. The third-order valence-corrected chi connectivity index (χ3v) is 3.93. The fourth-order valence-corrected chi connectivity index (χ4v) is 2.67. The minimum Gasteiger partial charge on any atom is -0.496 e. The summed E-state index contributed by atoms with van der Waals surface area (Å²) in [6.07, 6.45) is -4.91. The van der Waals surface area contributed by atoms with E-state index >= 15 is 0 Å². The van der Waals surface area contributed by atoms with Crippen LogP contribution in [0.3, 0.4) is 0 Å². The monoisotopic (exact) mass is 419 g/mol. The second-order valence-electron chi connectivity index (χ2n) is 6.01. The topological polar surface area (TPSA) is 82.5 Å². The Morgan fingerprint density at radius 2 is 1.70 bits per heavy atom. The quantitative estimate of drug-likeness (QED) is 0.662. The average Bonchev–Trinajstić information content (AvgIpc) is 2.70. The summed E-state index contributed by atoms with van der Waals surface area (Å²) < 4.78 is 47.7. The van der Waals surface area contributed by atoms with Crippen molar-refractivity contribution in [1.82, 2.24) is 9.78 Å². The van der Waals surface area contributed by atoms with Gasteiger partial charge in [0.2, 0.25) is 5.91 Å². The normalized spacial score (nSPS) is 11.1. The van der Waals surface area contributed by atoms with Gasteiger partial charge in [-0.1, -0.05) is 24.3 Å². The molecule has 0 fully saturated rings. The molecule has 3 aromatic rings. The first-order valence-corrected chi connectivity index (χ1v) is 8.63. The van der Waals surface area contributed by atoms with Crippen molar-refractivity contribution in [3.63, 3.8) is 0 Å². The predicted molar refractivity (Wildman–Crippen MR) is 102 cm³/mol. The van der Waals surface area contributed by atoms with Crippen LogP contribution in [0, 0.1) is 0 Å². The minimum atomic E-state index is -4.91. The summed E-state index contributed by atoms with van der Waals surface area (Å²) in [6, 6.07) is 14.8. The third-order valence-electron chi connectivity index (χ3n) is 3.93. The number of nitrogens with one attached hydrogen (secondary N) is 1. The van der Waals surface area contributed by atoms with Gasteiger partial charge in [0.05, 0.1) is 18.5 Å². The zero-order valence-corrected chi connectivity index (χ0v) is 15.6. The molecule has 1 N–H and O–H groups in total. The molecule has 10 heteroatoms. The highest BCUT2D eigenvalue weighted by atomic mass is 19.4. The number of rotatable bonds is 6. The van der Waals surface area contributed by atoms with Crippen LogP contribution in [-0.4, -0.2) is 29.2 Å². The number of halogens is 3. The lowest BCUT2D eigenvalue weighted by Gasteiger charge is -2.14. The van der Waals surface area contributed by atoms with E-state index in [4.69, 9.17) is 4.74 Å². The molecule has 1 amide bonds. The summed E-state index contributed by atoms with van der Waals surface area (Å²) in [6.45, 7) is -0.512. The number of carbonyl (C=O) groups excluding carboxylic acids is 1. The molecular formula is C20H16F3N3O4. The van der Waals surface area contributed by atoms with E-state index in [0.717, 1.165) is 10.7 Å². The van der Waals surface area contributed by atoms with Gasteiger partial charge in [-0.25, -0.2) is 4.68 Å². The van der Waals surface area contributed by atoms with Crippen LogP contribution in [0.15, 0.2) is 65.5 Å². The maximum absolute atomic E-state index is 12.5. The number of hydrogen-bond donors (Lipinski definition) is 1. The number of hydrogen-bond acceptors (Lipinski definition) is 5. The maximum atomic E-state index is 12.5. The molecule has 30 heavy (non-hydrogen) atoms. The molecule has 3 rings (SSSR count). The Morgan fingerprint density at radius 3 is 2.40 bits per heavy atom. The van der Waals surface area contributed by atoms with Crippen molar-refractivity contribution in [2.75, 3.05) is 12.4 Å². The number of ether oxygens (including phenoxy) is 2. The van der Waals surface area contributed by atoms with Crippen molar-refractivity contribution in [3.05, 3.63) is 71.0 Å². The Kier molecular flexibility index (Phi) is 6.05. The molecule has 0 spiro atoms. The van der Waals surface area contributed by atoms with Crippen molar-refractivity contribution < 1.29 is 27.4 Å². The average molecular weight is 419 g/mol. The van der Waals surface area contributed by atoms with Gasteiger partial charge in [-0.3, -0.25) is 9.59 Å². The summed E-state index contributed by atoms with van der Waals surface area (Å²) in [5.41, 5.74) is 0.260. The van der Waals surface area contributed by atoms with Crippen LogP contribution < -0.4 is 20.3 Å². The molecule has 7 nitrogen and oxygen atoms in total. The first-order chi connectivity index (χ1) is 14.3. The van der Waals surface area contributed by atoms with E-state index in [9.17, 15) is 22.8 Å². The lowest BCUT2D eigenvalue weighted by molar-refractivity contribution is -0.274. The first-order valence-electron chi connectivity index (χ1n) is 8.63. The summed E-state index contributed by atoms with van der Waals surface area (Å²) in [4.78, 5) is 24.5. The number of alkyl halides is 3. The standard InChI is InChI=1S/C20H16F3N3O4/c1-29-16-8-4-2-6-13(16)14-10-11-19(28)26(25-14)12-18(27)24-15-7-3-5-9-17(15)30-20(21,22)23/h2-11H,12H2,1H3,(H,24,27). The molecule has 0 atom stereocenters. The molecule has 0 saturated heterocycles. The molecule has 2 aromatic carbocycles. The second-order valence-corrected chi connectivity index (χ2v) is 6.01. The van der Waals surface area contributed by atoms with Crippen LogP contribution in [0.25, 0.3) is 11.3 Å². The summed E-state index contributed by atoms with van der Waals surface area (Å²) in [5.74, 6) is -0.792. The van der Waals surface area contributed by atoms with Gasteiger partial charge in [0.25, 0.3) is 5.56 Å². The van der Waals surface area contributed by atoms with E-state index in [1.54, 1.807) is 24.3 Å². The third kappa shape index (κ3) is 5.16. The smallest absolute Gasteiger partial charge is 0.496 e. The lowest BCUT2D eigenvalue weighted by Crippen LogP contribution is -2.29. The molecule has 156 valence electrons. The highest BCUT2D eigenvalue weighted by Crippen LogP contribution is 2.30. The van der Waals surface area contributed by atoms with Crippen LogP contribution >= 0.6 is 0 Å². The largest absolute Gasteiger partial charge is 0.573 e. The number of benzene rings is 2. The second kappa shape index (κ2) is 8.68. The maximum Gasteiger partial charge on any atom is 0.573 e. The van der Waals surface area contributed by atoms with Gasteiger partial charge < -0.3 is 14.8 Å². The molecular weight excluding hydrogens is 403 g/mol. The number of para-hydroxylation sites is 3. The molecule has 0 radical (unpaired) electrons. The Hall–Kier alpha value is -3.82. The van der Waals surface area contributed by atoms with Crippen LogP contribution in [0.4, 0.5) is 18.9 Å². The van der Waals surface area contributed by atoms with Crippen molar-refractivity contribution in [2.24, 2.45) is 0 Å². The lowest BCUT2D eigenvalue weighted by atomic mass is 10.1. The van der Waals surface area contributed by atoms with Gasteiger partial charge in [0.1, 0.15) is 12.3 Å². The molecule has 0 bridgehead atoms. The molecule has 0 saturated carbocycles. The summed E-state index contributed by atoms with van der Waals surface area (Å²) in [5, 5.41) is 6.47. The zero-order valence-electron chi connectivity index (χ0n) is 15.6. The Bertz CT molecular complexity index is 1110. The van der Waals surface area contributed by atoms with Crippen LogP contribution in [0.2, 0.25) is 0 Å². The minimum absolute atomic E-state index is 0.186. The van der Waals surface area contributed by atoms with Crippen molar-refractivity contribution in [1.29, 1.82) is 0 Å². The molecule has 1 heterocycles. The summed E-state index contributed by atoms with van der Waals surface area (Å²) >= 11 is 0. The fourth-order valence-electron chi connectivity index (χ4n) is 2.67. The molecule has 0 unspecified atom stereocenters. The number of carbonyl (C=O) groups is 1. The van der Waals surface area contributed by atoms with Gasteiger partial charge in [0.15, 0.2) is 5.75 Å². The number of anilines is 1. The zero-order chi connectivity index (χ0) is 21.7. The van der Waals surface area contributed by atoms with Crippen molar-refractivity contribution >= 4 is 11.6 Å². The Balaban J connectivity index is 1.82. The summed E-state index contributed by atoms with van der Waals surface area (Å²) in [7, 11) is 1.49.